The molecule has 0 radical (unpaired) electrons. The molecular formula is C26H26FN5O4. The van der Waals surface area contributed by atoms with Crippen LogP contribution in [0.4, 0.5) is 15.8 Å². The molecule has 0 saturated carbocycles. The normalized spacial score (nSPS) is 11.4. The number of hydrogen-bond donors (Lipinski definition) is 3. The maximum atomic E-state index is 15.1. The molecule has 0 aliphatic rings. The van der Waals surface area contributed by atoms with Crippen molar-refractivity contribution in [1.82, 2.24) is 15.0 Å². The number of H-pyrrole nitrogens is 1. The van der Waals surface area contributed by atoms with Crippen molar-refractivity contribution in [1.29, 1.82) is 0 Å². The van der Waals surface area contributed by atoms with E-state index < -0.39 is 17.1 Å². The first-order chi connectivity index (χ1) is 17.2. The highest BCUT2D eigenvalue weighted by molar-refractivity contribution is 6.19. The van der Waals surface area contributed by atoms with Gasteiger partial charge in [0.2, 0.25) is 12.3 Å². The number of nitrogens with zero attached hydrogens (tertiary/aromatic N) is 2. The molecule has 0 bridgehead atoms. The van der Waals surface area contributed by atoms with Crippen molar-refractivity contribution in [3.8, 4) is 11.6 Å². The Balaban J connectivity index is 1.73. The first kappa shape index (κ1) is 24.8. The first-order valence-electron chi connectivity index (χ1n) is 11.1. The van der Waals surface area contributed by atoms with Gasteiger partial charge in [-0.1, -0.05) is 0 Å². The Labute approximate surface area is 207 Å². The molecule has 0 atom stereocenters. The van der Waals surface area contributed by atoms with E-state index in [9.17, 15) is 9.59 Å². The zero-order valence-electron chi connectivity index (χ0n) is 20.3. The number of nitrogens with one attached hydrogen (secondary N) is 3. The van der Waals surface area contributed by atoms with Gasteiger partial charge in [-0.25, -0.2) is 14.4 Å². The van der Waals surface area contributed by atoms with E-state index in [0.717, 1.165) is 11.6 Å². The maximum Gasteiger partial charge on any atom is 0.219 e. The zero-order chi connectivity index (χ0) is 25.9. The summed E-state index contributed by atoms with van der Waals surface area (Å²) in [6.07, 6.45) is 5.06. The molecule has 0 saturated heterocycles. The van der Waals surface area contributed by atoms with Crippen molar-refractivity contribution >= 4 is 34.6 Å². The largest absolute Gasteiger partial charge is 0.439 e. The molecule has 9 nitrogen and oxygen atoms in total. The van der Waals surface area contributed by atoms with Gasteiger partial charge >= 0.3 is 0 Å². The third-order valence-corrected chi connectivity index (χ3v) is 5.43. The van der Waals surface area contributed by atoms with Crippen molar-refractivity contribution in [3.63, 3.8) is 0 Å². The summed E-state index contributed by atoms with van der Waals surface area (Å²) < 4.78 is 26.0. The summed E-state index contributed by atoms with van der Waals surface area (Å²) in [6, 6.07) is 7.56. The van der Waals surface area contributed by atoms with Gasteiger partial charge in [-0.15, -0.1) is 0 Å². The number of ether oxygens (including phenoxy) is 2. The van der Waals surface area contributed by atoms with Crippen LogP contribution in [0.2, 0.25) is 0 Å². The molecule has 0 spiro atoms. The number of methoxy groups -OCH3 is 1. The number of benzene rings is 1. The summed E-state index contributed by atoms with van der Waals surface area (Å²) in [6.45, 7) is 6.05. The molecule has 4 aromatic rings. The van der Waals surface area contributed by atoms with E-state index in [-0.39, 0.29) is 16.9 Å². The van der Waals surface area contributed by atoms with Crippen LogP contribution in [-0.4, -0.2) is 46.4 Å². The zero-order valence-corrected chi connectivity index (χ0v) is 20.3. The first-order valence-corrected chi connectivity index (χ1v) is 11.1. The van der Waals surface area contributed by atoms with Crippen molar-refractivity contribution in [2.75, 3.05) is 24.4 Å². The number of carbonyl (C=O) groups is 2. The second kappa shape index (κ2) is 10.1. The number of aromatic amines is 1. The van der Waals surface area contributed by atoms with Gasteiger partial charge in [0.15, 0.2) is 5.78 Å². The van der Waals surface area contributed by atoms with Gasteiger partial charge < -0.3 is 25.1 Å². The van der Waals surface area contributed by atoms with Crippen LogP contribution in [0.5, 0.6) is 11.6 Å². The summed E-state index contributed by atoms with van der Waals surface area (Å²) >= 11 is 0. The summed E-state index contributed by atoms with van der Waals surface area (Å²) in [4.78, 5) is 36.1. The van der Waals surface area contributed by atoms with Crippen LogP contribution in [0, 0.1) is 12.7 Å². The van der Waals surface area contributed by atoms with Crippen LogP contribution in [-0.2, 0) is 9.53 Å². The molecule has 0 fully saturated rings. The molecule has 186 valence electrons. The quantitative estimate of drug-likeness (QED) is 0.215. The smallest absolute Gasteiger partial charge is 0.219 e. The molecule has 10 heteroatoms. The molecule has 0 aliphatic carbocycles. The molecule has 1 aromatic carbocycles. The summed E-state index contributed by atoms with van der Waals surface area (Å²) in [5.41, 5.74) is 1.66. The van der Waals surface area contributed by atoms with Crippen LogP contribution < -0.4 is 15.4 Å². The van der Waals surface area contributed by atoms with E-state index in [1.54, 1.807) is 19.4 Å². The average molecular weight is 492 g/mol. The van der Waals surface area contributed by atoms with E-state index in [1.807, 2.05) is 26.8 Å². The van der Waals surface area contributed by atoms with E-state index in [1.165, 1.54) is 24.5 Å². The fraction of sp³-hybridized carbons (Fsp3) is 0.231. The number of rotatable bonds is 10. The van der Waals surface area contributed by atoms with Gasteiger partial charge in [0.05, 0.1) is 46.2 Å². The Morgan fingerprint density at radius 3 is 2.69 bits per heavy atom. The Morgan fingerprint density at radius 1 is 1.19 bits per heavy atom. The van der Waals surface area contributed by atoms with E-state index in [4.69, 9.17) is 9.47 Å². The second-order valence-electron chi connectivity index (χ2n) is 8.92. The highest BCUT2D eigenvalue weighted by Crippen LogP contribution is 2.36. The number of aryl methyl sites for hydroxylation is 1. The molecule has 3 aromatic heterocycles. The topological polar surface area (TPSA) is 118 Å². The molecular weight excluding hydrogens is 465 g/mol. The van der Waals surface area contributed by atoms with Gasteiger partial charge in [0.25, 0.3) is 0 Å². The summed E-state index contributed by atoms with van der Waals surface area (Å²) in [5, 5.41) is 6.35. The van der Waals surface area contributed by atoms with Crippen LogP contribution >= 0.6 is 0 Å². The van der Waals surface area contributed by atoms with Crippen LogP contribution in [0.1, 0.15) is 35.3 Å². The Kier molecular flexibility index (Phi) is 6.98. The van der Waals surface area contributed by atoms with Crippen molar-refractivity contribution < 1.29 is 23.5 Å². The predicted molar refractivity (Wildman–Crippen MR) is 134 cm³/mol. The van der Waals surface area contributed by atoms with Crippen molar-refractivity contribution in [3.05, 3.63) is 71.4 Å². The second-order valence-corrected chi connectivity index (χ2v) is 8.92. The fourth-order valence-electron chi connectivity index (χ4n) is 3.89. The number of carbonyl (C=O) groups excluding carboxylic acids is 2. The SMILES string of the molecule is COCC(C)(C)Nc1c(NC=O)cnc2[nH]cc(C(=O)c3ccc(Oc4cc(C)ccn4)cc3F)c12. The van der Waals surface area contributed by atoms with E-state index in [2.05, 4.69) is 25.6 Å². The minimum Gasteiger partial charge on any atom is -0.439 e. The molecule has 4 rings (SSSR count). The average Bonchev–Trinajstić information content (AvgIpc) is 3.25. The summed E-state index contributed by atoms with van der Waals surface area (Å²) in [7, 11) is 1.58. The van der Waals surface area contributed by atoms with Gasteiger partial charge in [0.1, 0.15) is 17.2 Å². The van der Waals surface area contributed by atoms with Gasteiger partial charge in [0, 0.05) is 31.6 Å². The lowest BCUT2D eigenvalue weighted by Gasteiger charge is -2.28. The number of aromatic nitrogens is 3. The van der Waals surface area contributed by atoms with Crippen LogP contribution in [0.3, 0.4) is 0 Å². The monoisotopic (exact) mass is 491 g/mol. The number of hydrogen-bond acceptors (Lipinski definition) is 7. The minimum absolute atomic E-state index is 0.142. The van der Waals surface area contributed by atoms with E-state index in [0.29, 0.717) is 41.3 Å². The minimum atomic E-state index is -0.746. The standard InChI is InChI=1S/C26H26FN5O4/c1-15-7-8-28-21(9-15)36-16-5-6-17(19(27)10-16)24(34)18-11-29-25-22(18)23(20(12-30-25)31-14-33)32-26(2,3)13-35-4/h5-12,14H,13H2,1-4H3,(H,31,33)(H2,29,30,32). The van der Waals surface area contributed by atoms with Gasteiger partial charge in [-0.2, -0.15) is 0 Å². The summed E-state index contributed by atoms with van der Waals surface area (Å²) in [5.74, 6) is -0.773. The Morgan fingerprint density at radius 2 is 2.00 bits per heavy atom. The van der Waals surface area contributed by atoms with Crippen molar-refractivity contribution in [2.45, 2.75) is 26.3 Å². The third-order valence-electron chi connectivity index (χ3n) is 5.43. The van der Waals surface area contributed by atoms with Crippen LogP contribution in [0.25, 0.3) is 11.0 Å². The number of pyridine rings is 2. The van der Waals surface area contributed by atoms with Gasteiger partial charge in [-0.3, -0.25) is 9.59 Å². The van der Waals surface area contributed by atoms with Crippen molar-refractivity contribution in [2.24, 2.45) is 0 Å². The lowest BCUT2D eigenvalue weighted by molar-refractivity contribution is -0.105. The lowest BCUT2D eigenvalue weighted by atomic mass is 10.00. The van der Waals surface area contributed by atoms with E-state index >= 15 is 4.39 Å². The number of amides is 1. The Bertz CT molecular complexity index is 1430. The van der Waals surface area contributed by atoms with Crippen LogP contribution in [0.15, 0.2) is 48.9 Å². The molecule has 0 unspecified atom stereocenters. The molecule has 3 N–H and O–H groups in total. The number of ketones is 1. The number of anilines is 2. The highest BCUT2D eigenvalue weighted by Gasteiger charge is 2.26. The number of fused-ring (bicyclic) bond motifs is 1. The molecule has 0 aliphatic heterocycles. The van der Waals surface area contributed by atoms with Gasteiger partial charge in [-0.05, 0) is 44.5 Å². The predicted octanol–water partition coefficient (Wildman–Crippen LogP) is 4.83. The molecule has 3 heterocycles. The third kappa shape index (κ3) is 5.18. The molecule has 1 amide bonds. The lowest BCUT2D eigenvalue weighted by Crippen LogP contribution is -2.36. The fourth-order valence-corrected chi connectivity index (χ4v) is 3.89. The molecule has 36 heavy (non-hydrogen) atoms. The Hall–Kier alpha value is -4.31. The highest BCUT2D eigenvalue weighted by atomic mass is 19.1. The number of halogens is 1. The maximum absolute atomic E-state index is 15.1.